The smallest absolute Gasteiger partial charge is 0.337 e. The maximum Gasteiger partial charge on any atom is 0.337 e. The number of rotatable bonds is 3. The molecular formula is C16H12Cl2N2O3S. The Morgan fingerprint density at radius 3 is 2.50 bits per heavy atom. The van der Waals surface area contributed by atoms with Gasteiger partial charge in [-0.25, -0.2) is 4.79 Å². The van der Waals surface area contributed by atoms with Crippen LogP contribution in [0.2, 0.25) is 10.0 Å². The van der Waals surface area contributed by atoms with E-state index < -0.39 is 11.9 Å². The van der Waals surface area contributed by atoms with E-state index in [0.29, 0.717) is 15.7 Å². The Kier molecular flexibility index (Phi) is 6.14. The number of halogens is 2. The van der Waals surface area contributed by atoms with Gasteiger partial charge in [0.05, 0.1) is 23.4 Å². The molecule has 0 saturated heterocycles. The Morgan fingerprint density at radius 2 is 1.79 bits per heavy atom. The summed E-state index contributed by atoms with van der Waals surface area (Å²) in [5.41, 5.74) is 0.999. The zero-order valence-electron chi connectivity index (χ0n) is 12.4. The zero-order chi connectivity index (χ0) is 17.7. The molecule has 5 nitrogen and oxygen atoms in total. The second-order valence-electron chi connectivity index (χ2n) is 4.60. The molecule has 124 valence electrons. The molecular weight excluding hydrogens is 371 g/mol. The largest absolute Gasteiger partial charge is 0.465 e. The number of nitrogens with one attached hydrogen (secondary N) is 2. The van der Waals surface area contributed by atoms with Gasteiger partial charge in [0.25, 0.3) is 5.91 Å². The number of esters is 1. The third kappa shape index (κ3) is 4.67. The standard InChI is InChI=1S/C16H12Cl2N2O3S/c1-23-15(22)10-4-2-3-9(7-10)14(21)20-16(24)19-13-8-11(17)5-6-12(13)18/h2-8H,1H3,(H2,19,20,21,24). The van der Waals surface area contributed by atoms with E-state index in [-0.39, 0.29) is 16.2 Å². The molecule has 0 aliphatic heterocycles. The van der Waals surface area contributed by atoms with Gasteiger partial charge in [-0.1, -0.05) is 29.3 Å². The molecule has 0 aliphatic carbocycles. The van der Waals surface area contributed by atoms with Crippen LogP contribution in [-0.4, -0.2) is 24.1 Å². The number of amides is 1. The summed E-state index contributed by atoms with van der Waals surface area (Å²) in [5.74, 6) is -1.01. The molecule has 0 fully saturated rings. The van der Waals surface area contributed by atoms with Crippen molar-refractivity contribution in [3.05, 3.63) is 63.6 Å². The van der Waals surface area contributed by atoms with E-state index in [0.717, 1.165) is 0 Å². The van der Waals surface area contributed by atoms with Crippen molar-refractivity contribution in [3.8, 4) is 0 Å². The van der Waals surface area contributed by atoms with Crippen molar-refractivity contribution in [3.63, 3.8) is 0 Å². The van der Waals surface area contributed by atoms with Gasteiger partial charge >= 0.3 is 5.97 Å². The molecule has 2 rings (SSSR count). The van der Waals surface area contributed by atoms with Crippen LogP contribution in [0, 0.1) is 0 Å². The number of thiocarbonyl (C=S) groups is 1. The highest BCUT2D eigenvalue weighted by Crippen LogP contribution is 2.25. The summed E-state index contributed by atoms with van der Waals surface area (Å²) in [5, 5.41) is 6.22. The summed E-state index contributed by atoms with van der Waals surface area (Å²) < 4.78 is 4.62. The molecule has 2 aromatic carbocycles. The Morgan fingerprint density at radius 1 is 1.08 bits per heavy atom. The molecule has 0 unspecified atom stereocenters. The molecule has 0 saturated carbocycles. The van der Waals surface area contributed by atoms with Gasteiger partial charge in [-0.05, 0) is 48.6 Å². The molecule has 2 aromatic rings. The summed E-state index contributed by atoms with van der Waals surface area (Å²) in [6.07, 6.45) is 0. The quantitative estimate of drug-likeness (QED) is 0.622. The van der Waals surface area contributed by atoms with Crippen molar-refractivity contribution in [1.29, 1.82) is 0 Å². The van der Waals surface area contributed by atoms with E-state index in [9.17, 15) is 9.59 Å². The van der Waals surface area contributed by atoms with Crippen LogP contribution in [0.3, 0.4) is 0 Å². The fourth-order valence-electron chi connectivity index (χ4n) is 1.83. The number of carbonyl (C=O) groups is 2. The Hall–Kier alpha value is -2.15. The molecule has 0 bridgehead atoms. The highest BCUT2D eigenvalue weighted by Gasteiger charge is 2.12. The topological polar surface area (TPSA) is 67.4 Å². The SMILES string of the molecule is COC(=O)c1cccc(C(=O)NC(=S)Nc2cc(Cl)ccc2Cl)c1. The third-order valence-electron chi connectivity index (χ3n) is 2.95. The van der Waals surface area contributed by atoms with Gasteiger partial charge in [0.1, 0.15) is 0 Å². The molecule has 1 amide bonds. The molecule has 0 atom stereocenters. The lowest BCUT2D eigenvalue weighted by molar-refractivity contribution is 0.0600. The van der Waals surface area contributed by atoms with Gasteiger partial charge in [-0.2, -0.15) is 0 Å². The van der Waals surface area contributed by atoms with Crippen LogP contribution in [0.1, 0.15) is 20.7 Å². The van der Waals surface area contributed by atoms with Crippen LogP contribution in [0.15, 0.2) is 42.5 Å². The second kappa shape index (κ2) is 8.10. The lowest BCUT2D eigenvalue weighted by Crippen LogP contribution is -2.34. The summed E-state index contributed by atoms with van der Waals surface area (Å²) >= 11 is 17.0. The van der Waals surface area contributed by atoms with Gasteiger partial charge in [0, 0.05) is 10.6 Å². The highest BCUT2D eigenvalue weighted by atomic mass is 35.5. The van der Waals surface area contributed by atoms with Gasteiger partial charge in [-0.3, -0.25) is 10.1 Å². The first-order valence-electron chi connectivity index (χ1n) is 6.66. The van der Waals surface area contributed by atoms with Crippen LogP contribution < -0.4 is 10.6 Å². The van der Waals surface area contributed by atoms with Crippen molar-refractivity contribution in [2.24, 2.45) is 0 Å². The summed E-state index contributed by atoms with van der Waals surface area (Å²) in [7, 11) is 1.27. The molecule has 0 aromatic heterocycles. The highest BCUT2D eigenvalue weighted by molar-refractivity contribution is 7.80. The first-order valence-corrected chi connectivity index (χ1v) is 7.83. The number of anilines is 1. The van der Waals surface area contributed by atoms with E-state index in [1.54, 1.807) is 36.4 Å². The molecule has 2 N–H and O–H groups in total. The first-order chi connectivity index (χ1) is 11.4. The normalized spacial score (nSPS) is 9.96. The van der Waals surface area contributed by atoms with E-state index in [2.05, 4.69) is 15.4 Å². The Balaban J connectivity index is 2.08. The number of methoxy groups -OCH3 is 1. The fourth-order valence-corrected chi connectivity index (χ4v) is 2.37. The van der Waals surface area contributed by atoms with Crippen molar-refractivity contribution < 1.29 is 14.3 Å². The zero-order valence-corrected chi connectivity index (χ0v) is 14.8. The van der Waals surface area contributed by atoms with Crippen LogP contribution in [0.5, 0.6) is 0 Å². The summed E-state index contributed by atoms with van der Waals surface area (Å²) in [6.45, 7) is 0. The second-order valence-corrected chi connectivity index (χ2v) is 5.86. The average molecular weight is 383 g/mol. The minimum Gasteiger partial charge on any atom is -0.465 e. The maximum atomic E-state index is 12.2. The minimum atomic E-state index is -0.531. The monoisotopic (exact) mass is 382 g/mol. The Labute approximate surface area is 153 Å². The lowest BCUT2D eigenvalue weighted by atomic mass is 10.1. The van der Waals surface area contributed by atoms with Crippen LogP contribution in [0.25, 0.3) is 0 Å². The van der Waals surface area contributed by atoms with Crippen molar-refractivity contribution in [2.75, 3.05) is 12.4 Å². The van der Waals surface area contributed by atoms with E-state index in [1.807, 2.05) is 0 Å². The fraction of sp³-hybridized carbons (Fsp3) is 0.0625. The average Bonchev–Trinajstić information content (AvgIpc) is 2.57. The molecule has 8 heteroatoms. The van der Waals surface area contributed by atoms with E-state index >= 15 is 0 Å². The maximum absolute atomic E-state index is 12.2. The number of hydrogen-bond acceptors (Lipinski definition) is 4. The number of carbonyl (C=O) groups excluding carboxylic acids is 2. The van der Waals surface area contributed by atoms with Gasteiger partial charge in [0.15, 0.2) is 5.11 Å². The van der Waals surface area contributed by atoms with Crippen molar-refractivity contribution in [2.45, 2.75) is 0 Å². The number of hydrogen-bond donors (Lipinski definition) is 2. The van der Waals surface area contributed by atoms with Crippen LogP contribution in [-0.2, 0) is 4.74 Å². The number of benzene rings is 2. The molecule has 0 spiro atoms. The first kappa shape index (κ1) is 18.2. The summed E-state index contributed by atoms with van der Waals surface area (Å²) in [4.78, 5) is 23.7. The Bertz CT molecular complexity index is 812. The van der Waals surface area contributed by atoms with Crippen LogP contribution >= 0.6 is 35.4 Å². The van der Waals surface area contributed by atoms with Gasteiger partial charge in [-0.15, -0.1) is 0 Å². The molecule has 24 heavy (non-hydrogen) atoms. The minimum absolute atomic E-state index is 0.0487. The lowest BCUT2D eigenvalue weighted by Gasteiger charge is -2.11. The summed E-state index contributed by atoms with van der Waals surface area (Å²) in [6, 6.07) is 10.9. The van der Waals surface area contributed by atoms with Crippen molar-refractivity contribution in [1.82, 2.24) is 5.32 Å². The molecule has 0 aliphatic rings. The van der Waals surface area contributed by atoms with E-state index in [1.165, 1.54) is 13.2 Å². The van der Waals surface area contributed by atoms with Gasteiger partial charge < -0.3 is 10.1 Å². The molecule has 0 radical (unpaired) electrons. The van der Waals surface area contributed by atoms with Crippen LogP contribution in [0.4, 0.5) is 5.69 Å². The predicted molar refractivity (Wildman–Crippen MR) is 97.9 cm³/mol. The number of ether oxygens (including phenoxy) is 1. The predicted octanol–water partition coefficient (Wildman–Crippen LogP) is 3.91. The van der Waals surface area contributed by atoms with E-state index in [4.69, 9.17) is 35.4 Å². The van der Waals surface area contributed by atoms with Gasteiger partial charge in [0.2, 0.25) is 0 Å². The third-order valence-corrected chi connectivity index (χ3v) is 3.72. The van der Waals surface area contributed by atoms with Crippen molar-refractivity contribution >= 4 is 58.1 Å². The molecule has 0 heterocycles.